The first kappa shape index (κ1) is 27.0. The Morgan fingerprint density at radius 1 is 0.897 bits per heavy atom. The van der Waals surface area contributed by atoms with Crippen molar-refractivity contribution in [2.24, 2.45) is 5.92 Å². The van der Waals surface area contributed by atoms with E-state index in [0.29, 0.717) is 31.8 Å². The van der Waals surface area contributed by atoms with Gasteiger partial charge >= 0.3 is 6.18 Å². The predicted octanol–water partition coefficient (Wildman–Crippen LogP) is 4.25. The lowest BCUT2D eigenvalue weighted by molar-refractivity contribution is -0.141. The van der Waals surface area contributed by atoms with Gasteiger partial charge in [-0.2, -0.15) is 13.2 Å². The summed E-state index contributed by atoms with van der Waals surface area (Å²) >= 11 is 0. The number of carbonyl (C=O) groups is 3. The van der Waals surface area contributed by atoms with Crippen LogP contribution in [-0.4, -0.2) is 77.4 Å². The van der Waals surface area contributed by atoms with Crippen LogP contribution in [0.5, 0.6) is 0 Å². The Balaban J connectivity index is 1.31. The normalized spacial score (nSPS) is 20.2. The van der Waals surface area contributed by atoms with E-state index in [4.69, 9.17) is 0 Å². The molecule has 2 aromatic carbocycles. The summed E-state index contributed by atoms with van der Waals surface area (Å²) in [6.07, 6.45) is -1.83. The topological polar surface area (TPSA) is 64.2 Å². The first-order valence-electron chi connectivity index (χ1n) is 13.4. The highest BCUT2D eigenvalue weighted by Crippen LogP contribution is 2.40. The minimum atomic E-state index is -4.47. The zero-order chi connectivity index (χ0) is 27.8. The van der Waals surface area contributed by atoms with Crippen LogP contribution in [0.3, 0.4) is 0 Å². The average molecular weight is 543 g/mol. The van der Waals surface area contributed by atoms with Crippen LogP contribution in [0.4, 0.5) is 18.9 Å². The summed E-state index contributed by atoms with van der Waals surface area (Å²) in [5.74, 6) is 0.0679. The maximum absolute atomic E-state index is 13.9. The molecule has 3 aliphatic heterocycles. The molecule has 3 saturated heterocycles. The van der Waals surface area contributed by atoms with Gasteiger partial charge in [0.1, 0.15) is 12.1 Å². The number of para-hydroxylation sites is 1. The van der Waals surface area contributed by atoms with E-state index in [1.807, 2.05) is 40.1 Å². The summed E-state index contributed by atoms with van der Waals surface area (Å²) in [6, 6.07) is 13.8. The van der Waals surface area contributed by atoms with Crippen LogP contribution in [-0.2, 0) is 15.8 Å². The van der Waals surface area contributed by atoms with Crippen molar-refractivity contribution in [1.29, 1.82) is 0 Å². The third-order valence-electron chi connectivity index (χ3n) is 8.38. The van der Waals surface area contributed by atoms with Crippen molar-refractivity contribution >= 4 is 23.4 Å². The summed E-state index contributed by atoms with van der Waals surface area (Å²) in [7, 11) is 0. The van der Waals surface area contributed by atoms with Gasteiger partial charge in [-0.1, -0.05) is 25.1 Å². The molecular weight excluding hydrogens is 509 g/mol. The Bertz CT molecular complexity index is 1200. The van der Waals surface area contributed by atoms with Crippen LogP contribution in [0, 0.1) is 5.92 Å². The second kappa shape index (κ2) is 10.5. The number of hydrogen-bond acceptors (Lipinski definition) is 4. The first-order chi connectivity index (χ1) is 18.6. The van der Waals surface area contributed by atoms with E-state index in [-0.39, 0.29) is 49.6 Å². The minimum absolute atomic E-state index is 0.0203. The highest BCUT2D eigenvalue weighted by molar-refractivity contribution is 5.97. The van der Waals surface area contributed by atoms with Gasteiger partial charge in [0.25, 0.3) is 11.8 Å². The van der Waals surface area contributed by atoms with E-state index >= 15 is 0 Å². The number of anilines is 1. The molecule has 10 heteroatoms. The van der Waals surface area contributed by atoms with Crippen LogP contribution >= 0.6 is 0 Å². The molecule has 3 aliphatic rings. The molecule has 1 spiro atoms. The van der Waals surface area contributed by atoms with E-state index in [0.717, 1.165) is 30.7 Å². The van der Waals surface area contributed by atoms with E-state index in [9.17, 15) is 27.6 Å². The molecule has 5 rings (SSSR count). The van der Waals surface area contributed by atoms with Crippen LogP contribution < -0.4 is 4.90 Å². The molecule has 208 valence electrons. The second-order valence-electron chi connectivity index (χ2n) is 10.9. The van der Waals surface area contributed by atoms with Gasteiger partial charge in [0.15, 0.2) is 0 Å². The smallest absolute Gasteiger partial charge is 0.341 e. The standard InChI is InChI=1S/C29H33F3N4O3/c1-21-11-15-33(16-12-21)25(37)19-35-20-36(24-5-3-2-4-6-24)28(27(35)39)13-17-34(18-14-28)26(38)22-7-9-23(10-8-22)29(30,31)32/h2-10,21H,11-20H2,1H3. The van der Waals surface area contributed by atoms with Gasteiger partial charge in [0.05, 0.1) is 12.2 Å². The maximum atomic E-state index is 13.9. The number of carbonyl (C=O) groups excluding carboxylic acids is 3. The molecule has 0 aromatic heterocycles. The summed E-state index contributed by atoms with van der Waals surface area (Å²) in [6.45, 7) is 4.45. The Kier molecular flexibility index (Phi) is 7.31. The number of benzene rings is 2. The minimum Gasteiger partial charge on any atom is -0.341 e. The lowest BCUT2D eigenvalue weighted by Gasteiger charge is -2.43. The monoisotopic (exact) mass is 542 g/mol. The Morgan fingerprint density at radius 2 is 1.51 bits per heavy atom. The summed E-state index contributed by atoms with van der Waals surface area (Å²) < 4.78 is 38.8. The molecule has 0 saturated carbocycles. The van der Waals surface area contributed by atoms with Crippen LogP contribution in [0.2, 0.25) is 0 Å². The van der Waals surface area contributed by atoms with Crippen LogP contribution in [0.25, 0.3) is 0 Å². The highest BCUT2D eigenvalue weighted by atomic mass is 19.4. The van der Waals surface area contributed by atoms with Crippen molar-refractivity contribution in [2.75, 3.05) is 44.3 Å². The number of alkyl halides is 3. The number of likely N-dealkylation sites (tertiary alicyclic amines) is 2. The fraction of sp³-hybridized carbons (Fsp3) is 0.483. The van der Waals surface area contributed by atoms with Gasteiger partial charge in [-0.3, -0.25) is 14.4 Å². The number of piperidine rings is 2. The SMILES string of the molecule is CC1CCN(C(=O)CN2CN(c3ccccc3)C3(CCN(C(=O)c4ccc(C(F)(F)F)cc4)CC3)C2=O)CC1. The van der Waals surface area contributed by atoms with Crippen molar-refractivity contribution < 1.29 is 27.6 Å². The van der Waals surface area contributed by atoms with Crippen LogP contribution in [0.1, 0.15) is 48.5 Å². The molecule has 3 amide bonds. The maximum Gasteiger partial charge on any atom is 0.416 e. The number of rotatable bonds is 4. The van der Waals surface area contributed by atoms with Gasteiger partial charge < -0.3 is 19.6 Å². The lowest BCUT2D eigenvalue weighted by atomic mass is 9.85. The zero-order valence-electron chi connectivity index (χ0n) is 22.0. The molecule has 0 N–H and O–H groups in total. The molecular formula is C29H33F3N4O3. The largest absolute Gasteiger partial charge is 0.416 e. The first-order valence-corrected chi connectivity index (χ1v) is 13.4. The molecule has 0 bridgehead atoms. The van der Waals surface area contributed by atoms with E-state index in [1.165, 1.54) is 12.1 Å². The Labute approximate surface area is 226 Å². The van der Waals surface area contributed by atoms with Gasteiger partial charge in [-0.25, -0.2) is 0 Å². The van der Waals surface area contributed by atoms with Crippen molar-refractivity contribution in [3.05, 3.63) is 65.7 Å². The van der Waals surface area contributed by atoms with E-state index in [2.05, 4.69) is 6.92 Å². The van der Waals surface area contributed by atoms with Gasteiger partial charge in [0.2, 0.25) is 5.91 Å². The molecule has 0 aliphatic carbocycles. The Morgan fingerprint density at radius 3 is 2.10 bits per heavy atom. The van der Waals surface area contributed by atoms with Crippen molar-refractivity contribution in [2.45, 2.75) is 44.3 Å². The number of halogens is 3. The van der Waals surface area contributed by atoms with Crippen LogP contribution in [0.15, 0.2) is 54.6 Å². The lowest BCUT2D eigenvalue weighted by Crippen LogP contribution is -2.57. The summed E-state index contributed by atoms with van der Waals surface area (Å²) in [5, 5.41) is 0. The van der Waals surface area contributed by atoms with Crippen molar-refractivity contribution in [3.8, 4) is 0 Å². The zero-order valence-corrected chi connectivity index (χ0v) is 22.0. The van der Waals surface area contributed by atoms with Crippen molar-refractivity contribution in [1.82, 2.24) is 14.7 Å². The fourth-order valence-electron chi connectivity index (χ4n) is 5.91. The summed E-state index contributed by atoms with van der Waals surface area (Å²) in [4.78, 5) is 47.2. The third kappa shape index (κ3) is 5.33. The Hall–Kier alpha value is -3.56. The quantitative estimate of drug-likeness (QED) is 0.580. The number of nitrogens with zero attached hydrogens (tertiary/aromatic N) is 4. The third-order valence-corrected chi connectivity index (χ3v) is 8.38. The predicted molar refractivity (Wildman–Crippen MR) is 140 cm³/mol. The fourth-order valence-corrected chi connectivity index (χ4v) is 5.91. The molecule has 39 heavy (non-hydrogen) atoms. The van der Waals surface area contributed by atoms with E-state index < -0.39 is 17.3 Å². The molecule has 3 heterocycles. The number of hydrogen-bond donors (Lipinski definition) is 0. The van der Waals surface area contributed by atoms with Gasteiger partial charge in [0, 0.05) is 37.4 Å². The van der Waals surface area contributed by atoms with Gasteiger partial charge in [-0.15, -0.1) is 0 Å². The van der Waals surface area contributed by atoms with Crippen molar-refractivity contribution in [3.63, 3.8) is 0 Å². The average Bonchev–Trinajstić information content (AvgIpc) is 3.19. The molecule has 2 aromatic rings. The number of amides is 3. The molecule has 0 atom stereocenters. The highest BCUT2D eigenvalue weighted by Gasteiger charge is 2.54. The summed E-state index contributed by atoms with van der Waals surface area (Å²) in [5.41, 5.74) is -0.648. The molecule has 7 nitrogen and oxygen atoms in total. The molecule has 0 radical (unpaired) electrons. The molecule has 0 unspecified atom stereocenters. The van der Waals surface area contributed by atoms with Gasteiger partial charge in [-0.05, 0) is 68.0 Å². The second-order valence-corrected chi connectivity index (χ2v) is 10.9. The van der Waals surface area contributed by atoms with E-state index in [1.54, 1.807) is 9.80 Å². The molecule has 3 fully saturated rings.